The van der Waals surface area contributed by atoms with Gasteiger partial charge in [0.05, 0.1) is 25.4 Å². The van der Waals surface area contributed by atoms with Crippen LogP contribution in [-0.4, -0.2) is 48.9 Å². The van der Waals surface area contributed by atoms with E-state index in [0.717, 1.165) is 75.0 Å². The SMILES string of the molecule is O=c1ccc(C(F)(F)F)cn1-c1ccc(OCCCCCCN2CCOCC2)cc1. The third kappa shape index (κ3) is 6.60. The number of hydrogen-bond donors (Lipinski definition) is 0. The van der Waals surface area contributed by atoms with Crippen molar-refractivity contribution in [3.8, 4) is 11.4 Å². The Balaban J connectivity index is 1.41. The van der Waals surface area contributed by atoms with E-state index in [0.29, 0.717) is 18.0 Å². The highest BCUT2D eigenvalue weighted by Gasteiger charge is 2.31. The monoisotopic (exact) mass is 424 g/mol. The minimum Gasteiger partial charge on any atom is -0.494 e. The minimum absolute atomic E-state index is 0.363. The van der Waals surface area contributed by atoms with Crippen molar-refractivity contribution in [1.82, 2.24) is 9.47 Å². The lowest BCUT2D eigenvalue weighted by Crippen LogP contribution is -2.36. The molecule has 0 saturated carbocycles. The second-order valence-corrected chi connectivity index (χ2v) is 7.33. The number of hydrogen-bond acceptors (Lipinski definition) is 4. The molecule has 2 heterocycles. The first-order valence-electron chi connectivity index (χ1n) is 10.3. The lowest BCUT2D eigenvalue weighted by molar-refractivity contribution is -0.138. The molecule has 0 unspecified atom stereocenters. The average Bonchev–Trinajstić information content (AvgIpc) is 2.74. The molecule has 1 aliphatic rings. The van der Waals surface area contributed by atoms with Crippen LogP contribution in [0.3, 0.4) is 0 Å². The van der Waals surface area contributed by atoms with Crippen LogP contribution in [0, 0.1) is 0 Å². The summed E-state index contributed by atoms with van der Waals surface area (Å²) in [6, 6.07) is 8.21. The number of nitrogens with zero attached hydrogens (tertiary/aromatic N) is 2. The number of halogens is 3. The van der Waals surface area contributed by atoms with Gasteiger partial charge in [0.2, 0.25) is 0 Å². The number of pyridine rings is 1. The van der Waals surface area contributed by atoms with E-state index in [4.69, 9.17) is 9.47 Å². The predicted molar refractivity (Wildman–Crippen MR) is 108 cm³/mol. The zero-order valence-corrected chi connectivity index (χ0v) is 16.9. The van der Waals surface area contributed by atoms with Gasteiger partial charge in [0.1, 0.15) is 5.75 Å². The highest BCUT2D eigenvalue weighted by atomic mass is 19.4. The van der Waals surface area contributed by atoms with Gasteiger partial charge in [-0.2, -0.15) is 13.2 Å². The van der Waals surface area contributed by atoms with E-state index in [1.807, 2.05) is 0 Å². The van der Waals surface area contributed by atoms with Gasteiger partial charge >= 0.3 is 6.18 Å². The maximum Gasteiger partial charge on any atom is 0.417 e. The molecule has 30 heavy (non-hydrogen) atoms. The summed E-state index contributed by atoms with van der Waals surface area (Å²) in [5.41, 5.74) is -1.02. The van der Waals surface area contributed by atoms with Gasteiger partial charge in [0.15, 0.2) is 0 Å². The second kappa shape index (κ2) is 10.6. The zero-order chi connectivity index (χ0) is 21.4. The van der Waals surface area contributed by atoms with Crippen LogP contribution in [-0.2, 0) is 10.9 Å². The molecular formula is C22H27F3N2O3. The fourth-order valence-electron chi connectivity index (χ4n) is 3.37. The van der Waals surface area contributed by atoms with Crippen molar-refractivity contribution in [2.24, 2.45) is 0 Å². The summed E-state index contributed by atoms with van der Waals surface area (Å²) in [5, 5.41) is 0. The summed E-state index contributed by atoms with van der Waals surface area (Å²) in [4.78, 5) is 14.4. The van der Waals surface area contributed by atoms with Gasteiger partial charge in [-0.1, -0.05) is 12.8 Å². The van der Waals surface area contributed by atoms with Crippen molar-refractivity contribution < 1.29 is 22.6 Å². The molecule has 1 aromatic heterocycles. The number of aromatic nitrogens is 1. The second-order valence-electron chi connectivity index (χ2n) is 7.33. The van der Waals surface area contributed by atoms with Crippen molar-refractivity contribution in [2.45, 2.75) is 31.9 Å². The Morgan fingerprint density at radius 1 is 0.933 bits per heavy atom. The molecule has 8 heteroatoms. The Morgan fingerprint density at radius 2 is 1.63 bits per heavy atom. The van der Waals surface area contributed by atoms with Crippen LogP contribution >= 0.6 is 0 Å². The number of ether oxygens (including phenoxy) is 2. The average molecular weight is 424 g/mol. The zero-order valence-electron chi connectivity index (χ0n) is 16.9. The number of benzene rings is 1. The van der Waals surface area contributed by atoms with Crippen LogP contribution in [0.5, 0.6) is 5.75 Å². The number of unbranched alkanes of at least 4 members (excludes halogenated alkanes) is 3. The van der Waals surface area contributed by atoms with E-state index >= 15 is 0 Å². The first-order chi connectivity index (χ1) is 14.4. The molecule has 3 rings (SSSR count). The van der Waals surface area contributed by atoms with Crippen molar-refractivity contribution in [1.29, 1.82) is 0 Å². The van der Waals surface area contributed by atoms with Crippen LogP contribution in [0.15, 0.2) is 47.4 Å². The van der Waals surface area contributed by atoms with Crippen LogP contribution < -0.4 is 10.3 Å². The molecule has 1 saturated heterocycles. The molecule has 0 N–H and O–H groups in total. The summed E-state index contributed by atoms with van der Waals surface area (Å²) in [6.45, 7) is 5.39. The molecule has 2 aromatic rings. The van der Waals surface area contributed by atoms with Gasteiger partial charge in [-0.05, 0) is 49.7 Å². The van der Waals surface area contributed by atoms with Crippen molar-refractivity contribution >= 4 is 0 Å². The van der Waals surface area contributed by atoms with Gasteiger partial charge in [0.25, 0.3) is 5.56 Å². The highest BCUT2D eigenvalue weighted by molar-refractivity contribution is 5.38. The Morgan fingerprint density at radius 3 is 2.33 bits per heavy atom. The van der Waals surface area contributed by atoms with E-state index in [1.165, 1.54) is 6.42 Å². The minimum atomic E-state index is -4.50. The number of morpholine rings is 1. The van der Waals surface area contributed by atoms with Crippen LogP contribution in [0.1, 0.15) is 31.2 Å². The molecule has 1 aromatic carbocycles. The van der Waals surface area contributed by atoms with Gasteiger partial charge in [-0.15, -0.1) is 0 Å². The molecule has 0 spiro atoms. The van der Waals surface area contributed by atoms with E-state index in [-0.39, 0.29) is 0 Å². The molecule has 0 radical (unpaired) electrons. The Kier molecular flexibility index (Phi) is 7.93. The van der Waals surface area contributed by atoms with E-state index in [2.05, 4.69) is 4.90 Å². The van der Waals surface area contributed by atoms with E-state index in [9.17, 15) is 18.0 Å². The first kappa shape index (κ1) is 22.4. The third-order valence-corrected chi connectivity index (χ3v) is 5.09. The van der Waals surface area contributed by atoms with Gasteiger partial charge < -0.3 is 9.47 Å². The standard InChI is InChI=1S/C22H27F3N2O3/c23-22(24,25)18-5-10-21(28)27(17-18)19-6-8-20(9-7-19)30-14-4-2-1-3-11-26-12-15-29-16-13-26/h5-10,17H,1-4,11-16H2. The maximum absolute atomic E-state index is 12.9. The topological polar surface area (TPSA) is 43.7 Å². The molecule has 164 valence electrons. The number of rotatable bonds is 9. The Bertz CT molecular complexity index is 844. The normalized spacial score (nSPS) is 15.3. The molecule has 1 aliphatic heterocycles. The maximum atomic E-state index is 12.9. The fraction of sp³-hybridized carbons (Fsp3) is 0.500. The Labute approximate surface area is 174 Å². The van der Waals surface area contributed by atoms with Crippen molar-refractivity contribution in [2.75, 3.05) is 39.5 Å². The number of alkyl halides is 3. The van der Waals surface area contributed by atoms with Crippen LogP contribution in [0.25, 0.3) is 5.69 Å². The lowest BCUT2D eigenvalue weighted by Gasteiger charge is -2.26. The highest BCUT2D eigenvalue weighted by Crippen LogP contribution is 2.28. The van der Waals surface area contributed by atoms with Crippen molar-refractivity contribution in [3.05, 3.63) is 58.5 Å². The smallest absolute Gasteiger partial charge is 0.417 e. The molecule has 1 fully saturated rings. The fourth-order valence-corrected chi connectivity index (χ4v) is 3.37. The molecule has 0 amide bonds. The van der Waals surface area contributed by atoms with Gasteiger partial charge in [0, 0.05) is 31.0 Å². The molecule has 5 nitrogen and oxygen atoms in total. The van der Waals surface area contributed by atoms with Crippen LogP contribution in [0.2, 0.25) is 0 Å². The summed E-state index contributed by atoms with van der Waals surface area (Å²) in [7, 11) is 0. The Hall–Kier alpha value is -2.32. The summed E-state index contributed by atoms with van der Waals surface area (Å²) < 4.78 is 50.7. The third-order valence-electron chi connectivity index (χ3n) is 5.09. The van der Waals surface area contributed by atoms with E-state index in [1.54, 1.807) is 24.3 Å². The van der Waals surface area contributed by atoms with E-state index < -0.39 is 17.3 Å². The molecule has 0 bridgehead atoms. The lowest BCUT2D eigenvalue weighted by atomic mass is 10.2. The molecule has 0 atom stereocenters. The first-order valence-corrected chi connectivity index (χ1v) is 10.3. The molecule has 0 aliphatic carbocycles. The van der Waals surface area contributed by atoms with Gasteiger partial charge in [-0.25, -0.2) is 0 Å². The van der Waals surface area contributed by atoms with Gasteiger partial charge in [-0.3, -0.25) is 14.3 Å². The molecular weight excluding hydrogens is 397 g/mol. The summed E-state index contributed by atoms with van der Waals surface area (Å²) in [6.07, 6.45) is 0.661. The van der Waals surface area contributed by atoms with Crippen LogP contribution in [0.4, 0.5) is 13.2 Å². The predicted octanol–water partition coefficient (Wildman–Crippen LogP) is 4.13. The van der Waals surface area contributed by atoms with Crippen molar-refractivity contribution in [3.63, 3.8) is 0 Å². The quantitative estimate of drug-likeness (QED) is 0.568. The summed E-state index contributed by atoms with van der Waals surface area (Å²) in [5.74, 6) is 0.632. The summed E-state index contributed by atoms with van der Waals surface area (Å²) >= 11 is 0. The largest absolute Gasteiger partial charge is 0.494 e.